The second-order valence-corrected chi connectivity index (χ2v) is 8.62. The SMILES string of the molecule is Cc1ccc(S(=O)(=O)N[C@H](CC(C)C)C(=O)N/N=C\c2ccc(F)cc2)cc1. The van der Waals surface area contributed by atoms with Crippen LogP contribution < -0.4 is 10.1 Å². The Kier molecular flexibility index (Phi) is 7.42. The number of aryl methyl sites for hydroxylation is 1. The van der Waals surface area contributed by atoms with Crippen LogP contribution in [0.15, 0.2) is 58.5 Å². The topological polar surface area (TPSA) is 87.6 Å². The van der Waals surface area contributed by atoms with E-state index < -0.39 is 22.0 Å². The average Bonchev–Trinajstić information content (AvgIpc) is 2.62. The molecule has 0 radical (unpaired) electrons. The lowest BCUT2D eigenvalue weighted by Gasteiger charge is -2.19. The molecule has 6 nitrogen and oxygen atoms in total. The second kappa shape index (κ2) is 9.57. The molecule has 0 aliphatic heterocycles. The number of sulfonamides is 1. The first-order valence-electron chi connectivity index (χ1n) is 8.85. The highest BCUT2D eigenvalue weighted by Gasteiger charge is 2.26. The second-order valence-electron chi connectivity index (χ2n) is 6.90. The van der Waals surface area contributed by atoms with Crippen molar-refractivity contribution in [3.05, 3.63) is 65.5 Å². The molecule has 2 rings (SSSR count). The summed E-state index contributed by atoms with van der Waals surface area (Å²) < 4.78 is 40.6. The first-order chi connectivity index (χ1) is 13.2. The summed E-state index contributed by atoms with van der Waals surface area (Å²) in [4.78, 5) is 12.6. The van der Waals surface area contributed by atoms with Crippen LogP contribution in [0.5, 0.6) is 0 Å². The quantitative estimate of drug-likeness (QED) is 0.523. The van der Waals surface area contributed by atoms with E-state index in [9.17, 15) is 17.6 Å². The highest BCUT2D eigenvalue weighted by molar-refractivity contribution is 7.89. The van der Waals surface area contributed by atoms with Crippen LogP contribution >= 0.6 is 0 Å². The van der Waals surface area contributed by atoms with Gasteiger partial charge in [0.15, 0.2) is 0 Å². The van der Waals surface area contributed by atoms with Gasteiger partial charge in [0.1, 0.15) is 11.9 Å². The lowest BCUT2D eigenvalue weighted by molar-refractivity contribution is -0.123. The van der Waals surface area contributed by atoms with E-state index in [0.717, 1.165) is 5.56 Å². The number of carbonyl (C=O) groups excluding carboxylic acids is 1. The number of hydrazone groups is 1. The van der Waals surface area contributed by atoms with Gasteiger partial charge in [0, 0.05) is 0 Å². The molecule has 0 fully saturated rings. The minimum absolute atomic E-state index is 0.0811. The summed E-state index contributed by atoms with van der Waals surface area (Å²) in [6.45, 7) is 5.64. The Morgan fingerprint density at radius 2 is 1.71 bits per heavy atom. The highest BCUT2D eigenvalue weighted by atomic mass is 32.2. The predicted molar refractivity (Wildman–Crippen MR) is 107 cm³/mol. The van der Waals surface area contributed by atoms with Gasteiger partial charge in [-0.2, -0.15) is 9.82 Å². The summed E-state index contributed by atoms with van der Waals surface area (Å²) in [6, 6.07) is 11.0. The van der Waals surface area contributed by atoms with Crippen molar-refractivity contribution in [3.8, 4) is 0 Å². The third kappa shape index (κ3) is 6.54. The number of halogens is 1. The predicted octanol–water partition coefficient (Wildman–Crippen LogP) is 2.98. The van der Waals surface area contributed by atoms with E-state index in [1.165, 1.54) is 42.6 Å². The highest BCUT2D eigenvalue weighted by Crippen LogP contribution is 2.13. The molecule has 0 aliphatic carbocycles. The third-order valence-electron chi connectivity index (χ3n) is 3.91. The number of hydrogen-bond donors (Lipinski definition) is 2. The van der Waals surface area contributed by atoms with Crippen LogP contribution in [0.1, 0.15) is 31.4 Å². The molecule has 0 saturated carbocycles. The molecule has 150 valence electrons. The number of hydrogen-bond acceptors (Lipinski definition) is 4. The van der Waals surface area contributed by atoms with Crippen LogP contribution in [-0.2, 0) is 14.8 Å². The maximum Gasteiger partial charge on any atom is 0.258 e. The molecule has 0 aromatic heterocycles. The van der Waals surface area contributed by atoms with E-state index in [1.54, 1.807) is 12.1 Å². The van der Waals surface area contributed by atoms with Gasteiger partial charge in [-0.25, -0.2) is 18.2 Å². The first-order valence-corrected chi connectivity index (χ1v) is 10.3. The van der Waals surface area contributed by atoms with Crippen LogP contribution in [0.25, 0.3) is 0 Å². The van der Waals surface area contributed by atoms with Gasteiger partial charge < -0.3 is 0 Å². The molecule has 8 heteroatoms. The van der Waals surface area contributed by atoms with Crippen LogP contribution in [0, 0.1) is 18.7 Å². The van der Waals surface area contributed by atoms with E-state index >= 15 is 0 Å². The zero-order valence-electron chi connectivity index (χ0n) is 16.0. The van der Waals surface area contributed by atoms with Gasteiger partial charge in [-0.1, -0.05) is 43.7 Å². The zero-order valence-corrected chi connectivity index (χ0v) is 16.8. The van der Waals surface area contributed by atoms with Crippen molar-refractivity contribution >= 4 is 22.1 Å². The molecule has 2 aromatic carbocycles. The molecule has 0 bridgehead atoms. The van der Waals surface area contributed by atoms with E-state index in [0.29, 0.717) is 12.0 Å². The lowest BCUT2D eigenvalue weighted by Crippen LogP contribution is -2.46. The fraction of sp³-hybridized carbons (Fsp3) is 0.300. The summed E-state index contributed by atoms with van der Waals surface area (Å²) in [6.07, 6.45) is 1.67. The van der Waals surface area contributed by atoms with E-state index in [4.69, 9.17) is 0 Å². The number of amides is 1. The molecule has 28 heavy (non-hydrogen) atoms. The molecule has 0 saturated heterocycles. The van der Waals surface area contributed by atoms with Crippen LogP contribution in [0.4, 0.5) is 4.39 Å². The minimum Gasteiger partial charge on any atom is -0.271 e. The van der Waals surface area contributed by atoms with Crippen LogP contribution in [0.2, 0.25) is 0 Å². The fourth-order valence-electron chi connectivity index (χ4n) is 2.45. The minimum atomic E-state index is -3.85. The molecule has 1 atom stereocenters. The molecular formula is C20H24FN3O3S. The largest absolute Gasteiger partial charge is 0.271 e. The molecule has 0 aliphatic rings. The van der Waals surface area contributed by atoms with Gasteiger partial charge in [0.05, 0.1) is 11.1 Å². The first kappa shape index (κ1) is 21.7. The number of benzene rings is 2. The van der Waals surface area contributed by atoms with Gasteiger partial charge >= 0.3 is 0 Å². The Morgan fingerprint density at radius 1 is 1.11 bits per heavy atom. The Balaban J connectivity index is 2.10. The average molecular weight is 405 g/mol. The fourth-order valence-corrected chi connectivity index (χ4v) is 3.66. The van der Waals surface area contributed by atoms with Gasteiger partial charge in [0.2, 0.25) is 10.0 Å². The summed E-state index contributed by atoms with van der Waals surface area (Å²) in [7, 11) is -3.85. The van der Waals surface area contributed by atoms with Crippen molar-refractivity contribution < 1.29 is 17.6 Å². The number of rotatable bonds is 8. The Labute approximate surface area is 164 Å². The van der Waals surface area contributed by atoms with Crippen molar-refractivity contribution in [2.24, 2.45) is 11.0 Å². The smallest absolute Gasteiger partial charge is 0.258 e. The summed E-state index contributed by atoms with van der Waals surface area (Å²) in [5.74, 6) is -0.857. The van der Waals surface area contributed by atoms with Gasteiger partial charge in [0.25, 0.3) is 5.91 Å². The maximum atomic E-state index is 12.9. The molecule has 0 heterocycles. The molecule has 0 spiro atoms. The maximum absolute atomic E-state index is 12.9. The van der Waals surface area contributed by atoms with E-state index in [2.05, 4.69) is 15.2 Å². The Bertz CT molecular complexity index is 924. The van der Waals surface area contributed by atoms with E-state index in [1.807, 2.05) is 20.8 Å². The van der Waals surface area contributed by atoms with Gasteiger partial charge in [-0.15, -0.1) is 0 Å². The molecule has 2 N–H and O–H groups in total. The number of nitrogens with one attached hydrogen (secondary N) is 2. The van der Waals surface area contributed by atoms with Crippen molar-refractivity contribution in [2.75, 3.05) is 0 Å². The lowest BCUT2D eigenvalue weighted by atomic mass is 10.0. The summed E-state index contributed by atoms with van der Waals surface area (Å²) in [5.41, 5.74) is 3.88. The van der Waals surface area contributed by atoms with E-state index in [-0.39, 0.29) is 16.6 Å². The van der Waals surface area contributed by atoms with Crippen molar-refractivity contribution in [1.82, 2.24) is 10.1 Å². The van der Waals surface area contributed by atoms with Crippen molar-refractivity contribution in [3.63, 3.8) is 0 Å². The summed E-state index contributed by atoms with van der Waals surface area (Å²) in [5, 5.41) is 3.83. The van der Waals surface area contributed by atoms with Crippen LogP contribution in [-0.4, -0.2) is 26.6 Å². The third-order valence-corrected chi connectivity index (χ3v) is 5.40. The monoisotopic (exact) mass is 405 g/mol. The molecule has 2 aromatic rings. The number of nitrogens with zero attached hydrogens (tertiary/aromatic N) is 1. The zero-order chi connectivity index (χ0) is 20.7. The summed E-state index contributed by atoms with van der Waals surface area (Å²) >= 11 is 0. The van der Waals surface area contributed by atoms with Gasteiger partial charge in [-0.05, 0) is 49.1 Å². The van der Waals surface area contributed by atoms with Crippen molar-refractivity contribution in [2.45, 2.75) is 38.1 Å². The molecule has 1 amide bonds. The van der Waals surface area contributed by atoms with Crippen molar-refractivity contribution in [1.29, 1.82) is 0 Å². The van der Waals surface area contributed by atoms with Gasteiger partial charge in [-0.3, -0.25) is 4.79 Å². The standard InChI is InChI=1S/C20H24FN3O3S/c1-14(2)12-19(24-28(26,27)18-10-4-15(3)5-11-18)20(25)23-22-13-16-6-8-17(21)9-7-16/h4-11,13-14,19,24H,12H2,1-3H3,(H,23,25)/b22-13-/t19-/m1/s1. The molecular weight excluding hydrogens is 381 g/mol. The Hall–Kier alpha value is -2.58. The Morgan fingerprint density at radius 3 is 2.29 bits per heavy atom. The number of carbonyl (C=O) groups is 1. The molecule has 0 unspecified atom stereocenters. The normalized spacial score (nSPS) is 13.0. The van der Waals surface area contributed by atoms with Crippen LogP contribution in [0.3, 0.4) is 0 Å².